The summed E-state index contributed by atoms with van der Waals surface area (Å²) < 4.78 is 0. The molecule has 1 amide bonds. The molecular formula is C15H22N4O. The standard InChI is InChI=1S/C15H22N4O/c1-15(7-4-8-15)17-14(20)12-5-3-10-19(11-12)13-6-2-9-16-18-13/h2,6,9,12H,3-5,7-8,10-11H2,1H3,(H,17,20)/t12-/m0/s1. The molecule has 0 aromatic carbocycles. The van der Waals surface area contributed by atoms with Crippen LogP contribution in [0.4, 0.5) is 5.82 Å². The van der Waals surface area contributed by atoms with E-state index in [1.807, 2.05) is 12.1 Å². The van der Waals surface area contributed by atoms with Crippen molar-refractivity contribution in [2.24, 2.45) is 5.92 Å². The van der Waals surface area contributed by atoms with E-state index in [1.54, 1.807) is 6.20 Å². The summed E-state index contributed by atoms with van der Waals surface area (Å²) in [5.41, 5.74) is 0.0475. The molecule has 1 aliphatic heterocycles. The van der Waals surface area contributed by atoms with Crippen molar-refractivity contribution in [2.75, 3.05) is 18.0 Å². The normalized spacial score (nSPS) is 24.9. The van der Waals surface area contributed by atoms with Gasteiger partial charge in [0.25, 0.3) is 0 Å². The molecule has 5 heteroatoms. The van der Waals surface area contributed by atoms with Crippen LogP contribution < -0.4 is 10.2 Å². The summed E-state index contributed by atoms with van der Waals surface area (Å²) in [6.45, 7) is 3.86. The quantitative estimate of drug-likeness (QED) is 0.912. The number of nitrogens with one attached hydrogen (secondary N) is 1. The van der Waals surface area contributed by atoms with Gasteiger partial charge in [0.15, 0.2) is 5.82 Å². The first-order valence-electron chi connectivity index (χ1n) is 7.51. The number of anilines is 1. The van der Waals surface area contributed by atoms with E-state index in [9.17, 15) is 4.79 Å². The average Bonchev–Trinajstić information content (AvgIpc) is 2.46. The largest absolute Gasteiger partial charge is 0.354 e. The number of amides is 1. The van der Waals surface area contributed by atoms with Gasteiger partial charge in [-0.05, 0) is 51.2 Å². The van der Waals surface area contributed by atoms with Crippen LogP contribution in [0.15, 0.2) is 18.3 Å². The molecule has 2 heterocycles. The Morgan fingerprint density at radius 2 is 2.30 bits per heavy atom. The molecule has 1 aromatic rings. The fourth-order valence-electron chi connectivity index (χ4n) is 3.09. The van der Waals surface area contributed by atoms with E-state index in [2.05, 4.69) is 27.3 Å². The van der Waals surface area contributed by atoms with Gasteiger partial charge in [-0.2, -0.15) is 5.10 Å². The molecule has 3 rings (SSSR count). The zero-order chi connectivity index (χ0) is 14.0. The van der Waals surface area contributed by atoms with Crippen molar-refractivity contribution in [3.8, 4) is 0 Å². The van der Waals surface area contributed by atoms with Crippen LogP contribution in [-0.2, 0) is 4.79 Å². The van der Waals surface area contributed by atoms with E-state index in [0.717, 1.165) is 44.6 Å². The third-order valence-corrected chi connectivity index (χ3v) is 4.56. The maximum Gasteiger partial charge on any atom is 0.225 e. The highest BCUT2D eigenvalue weighted by atomic mass is 16.2. The van der Waals surface area contributed by atoms with Gasteiger partial charge >= 0.3 is 0 Å². The molecule has 1 aliphatic carbocycles. The fourth-order valence-corrected chi connectivity index (χ4v) is 3.09. The summed E-state index contributed by atoms with van der Waals surface area (Å²) in [7, 11) is 0. The predicted molar refractivity (Wildman–Crippen MR) is 77.4 cm³/mol. The topological polar surface area (TPSA) is 58.1 Å². The van der Waals surface area contributed by atoms with Crippen LogP contribution in [0.5, 0.6) is 0 Å². The number of hydrogen-bond donors (Lipinski definition) is 1. The Bertz CT molecular complexity index is 472. The first-order chi connectivity index (χ1) is 9.66. The molecule has 0 radical (unpaired) electrons. The molecule has 1 saturated heterocycles. The molecule has 2 aliphatic rings. The van der Waals surface area contributed by atoms with Gasteiger partial charge in [0, 0.05) is 24.8 Å². The predicted octanol–water partition coefficient (Wildman–Crippen LogP) is 1.75. The summed E-state index contributed by atoms with van der Waals surface area (Å²) in [6, 6.07) is 3.85. The van der Waals surface area contributed by atoms with Crippen molar-refractivity contribution in [1.29, 1.82) is 0 Å². The minimum absolute atomic E-state index is 0.0475. The second-order valence-electron chi connectivity index (χ2n) is 6.27. The molecule has 1 aromatic heterocycles. The minimum atomic E-state index is 0.0475. The summed E-state index contributed by atoms with van der Waals surface area (Å²) in [4.78, 5) is 14.6. The van der Waals surface area contributed by atoms with Gasteiger partial charge in [-0.15, -0.1) is 5.10 Å². The first-order valence-corrected chi connectivity index (χ1v) is 7.51. The van der Waals surface area contributed by atoms with E-state index in [4.69, 9.17) is 0 Å². The van der Waals surface area contributed by atoms with Crippen molar-refractivity contribution < 1.29 is 4.79 Å². The summed E-state index contributed by atoms with van der Waals surface area (Å²) >= 11 is 0. The molecular weight excluding hydrogens is 252 g/mol. The van der Waals surface area contributed by atoms with Crippen molar-refractivity contribution in [3.63, 3.8) is 0 Å². The molecule has 0 bridgehead atoms. The van der Waals surface area contributed by atoms with E-state index >= 15 is 0 Å². The monoisotopic (exact) mass is 274 g/mol. The van der Waals surface area contributed by atoms with Gasteiger partial charge in [0.1, 0.15) is 0 Å². The van der Waals surface area contributed by atoms with Gasteiger partial charge in [-0.3, -0.25) is 4.79 Å². The van der Waals surface area contributed by atoms with Crippen LogP contribution in [0, 0.1) is 5.92 Å². The second-order valence-corrected chi connectivity index (χ2v) is 6.27. The number of piperidine rings is 1. The fraction of sp³-hybridized carbons (Fsp3) is 0.667. The number of hydrogen-bond acceptors (Lipinski definition) is 4. The highest BCUT2D eigenvalue weighted by molar-refractivity contribution is 5.80. The Kier molecular flexibility index (Phi) is 3.59. The maximum atomic E-state index is 12.4. The summed E-state index contributed by atoms with van der Waals surface area (Å²) in [5.74, 6) is 1.16. The van der Waals surface area contributed by atoms with Crippen LogP contribution >= 0.6 is 0 Å². The SMILES string of the molecule is CC1(NC(=O)[C@H]2CCCN(c3cccnn3)C2)CCC1. The van der Waals surface area contributed by atoms with E-state index in [1.165, 1.54) is 6.42 Å². The lowest BCUT2D eigenvalue weighted by molar-refractivity contribution is -0.128. The molecule has 0 unspecified atom stereocenters. The van der Waals surface area contributed by atoms with Gasteiger partial charge in [0.05, 0.1) is 5.92 Å². The Balaban J connectivity index is 1.61. The molecule has 2 fully saturated rings. The third kappa shape index (κ3) is 2.76. The smallest absolute Gasteiger partial charge is 0.225 e. The van der Waals surface area contributed by atoms with Crippen LogP contribution in [0.3, 0.4) is 0 Å². The van der Waals surface area contributed by atoms with Crippen LogP contribution in [0.2, 0.25) is 0 Å². The average molecular weight is 274 g/mol. The van der Waals surface area contributed by atoms with Crippen LogP contribution in [-0.4, -0.2) is 34.7 Å². The molecule has 1 N–H and O–H groups in total. The van der Waals surface area contributed by atoms with E-state index < -0.39 is 0 Å². The Labute approximate surface area is 119 Å². The third-order valence-electron chi connectivity index (χ3n) is 4.56. The summed E-state index contributed by atoms with van der Waals surface area (Å²) in [6.07, 6.45) is 7.13. The molecule has 1 atom stereocenters. The number of carbonyl (C=O) groups is 1. The minimum Gasteiger partial charge on any atom is -0.354 e. The Morgan fingerprint density at radius 3 is 2.95 bits per heavy atom. The van der Waals surface area contributed by atoms with Crippen molar-refractivity contribution in [3.05, 3.63) is 18.3 Å². The lowest BCUT2D eigenvalue weighted by Crippen LogP contribution is -2.54. The summed E-state index contributed by atoms with van der Waals surface area (Å²) in [5, 5.41) is 11.3. The molecule has 1 saturated carbocycles. The maximum absolute atomic E-state index is 12.4. The highest BCUT2D eigenvalue weighted by Gasteiger charge is 2.36. The number of rotatable bonds is 3. The second kappa shape index (κ2) is 5.38. The molecule has 108 valence electrons. The number of aromatic nitrogens is 2. The number of nitrogens with zero attached hydrogens (tertiary/aromatic N) is 3. The zero-order valence-electron chi connectivity index (χ0n) is 12.0. The van der Waals surface area contributed by atoms with E-state index in [0.29, 0.717) is 0 Å². The van der Waals surface area contributed by atoms with Crippen molar-refractivity contribution in [1.82, 2.24) is 15.5 Å². The highest BCUT2D eigenvalue weighted by Crippen LogP contribution is 2.32. The Hall–Kier alpha value is -1.65. The molecule has 0 spiro atoms. The molecule has 20 heavy (non-hydrogen) atoms. The van der Waals surface area contributed by atoms with Gasteiger partial charge in [-0.1, -0.05) is 0 Å². The van der Waals surface area contributed by atoms with Crippen molar-refractivity contribution in [2.45, 2.75) is 44.6 Å². The van der Waals surface area contributed by atoms with Gasteiger partial charge in [0.2, 0.25) is 5.91 Å². The molecule has 5 nitrogen and oxygen atoms in total. The van der Waals surface area contributed by atoms with Gasteiger partial charge in [-0.25, -0.2) is 0 Å². The van der Waals surface area contributed by atoms with Crippen LogP contribution in [0.25, 0.3) is 0 Å². The number of carbonyl (C=O) groups excluding carboxylic acids is 1. The van der Waals surface area contributed by atoms with E-state index in [-0.39, 0.29) is 17.4 Å². The van der Waals surface area contributed by atoms with Crippen molar-refractivity contribution >= 4 is 11.7 Å². The Morgan fingerprint density at radius 1 is 1.45 bits per heavy atom. The lowest BCUT2D eigenvalue weighted by Gasteiger charge is -2.41. The van der Waals surface area contributed by atoms with Gasteiger partial charge < -0.3 is 10.2 Å². The first kappa shape index (κ1) is 13.3. The van der Waals surface area contributed by atoms with Crippen LogP contribution in [0.1, 0.15) is 39.0 Å². The lowest BCUT2D eigenvalue weighted by atomic mass is 9.78. The zero-order valence-corrected chi connectivity index (χ0v) is 12.0.